The monoisotopic (exact) mass is 366 g/mol. The molecule has 1 aromatic heterocycles. The number of halogens is 1. The van der Waals surface area contributed by atoms with Crippen molar-refractivity contribution in [1.29, 1.82) is 0 Å². The molecule has 5 nitrogen and oxygen atoms in total. The van der Waals surface area contributed by atoms with Crippen LogP contribution in [-0.4, -0.2) is 15.9 Å². The number of carbonyl (C=O) groups is 1. The minimum atomic E-state index is -0.283. The van der Waals surface area contributed by atoms with Crippen LogP contribution in [0.3, 0.4) is 0 Å². The van der Waals surface area contributed by atoms with Crippen LogP contribution in [0.5, 0.6) is 0 Å². The van der Waals surface area contributed by atoms with Crippen molar-refractivity contribution in [3.05, 3.63) is 76.2 Å². The Labute approximate surface area is 157 Å². The lowest BCUT2D eigenvalue weighted by molar-refractivity contribution is 0.102. The van der Waals surface area contributed by atoms with Gasteiger partial charge in [-0.2, -0.15) is 0 Å². The SMILES string of the molecule is Cc1nc(Nc2ccc(C)c(Cl)c2)cc(C(=O)Nc2ccccc2C)n1. The summed E-state index contributed by atoms with van der Waals surface area (Å²) in [5.74, 6) is 0.755. The highest BCUT2D eigenvalue weighted by Gasteiger charge is 2.12. The third-order valence-corrected chi connectivity index (χ3v) is 4.32. The number of amides is 1. The molecule has 0 radical (unpaired) electrons. The second-order valence-electron chi connectivity index (χ2n) is 6.04. The summed E-state index contributed by atoms with van der Waals surface area (Å²) in [7, 11) is 0. The van der Waals surface area contributed by atoms with Crippen LogP contribution in [0.25, 0.3) is 0 Å². The molecule has 26 heavy (non-hydrogen) atoms. The summed E-state index contributed by atoms with van der Waals surface area (Å²) in [6.07, 6.45) is 0. The Hall–Kier alpha value is -2.92. The van der Waals surface area contributed by atoms with Crippen LogP contribution in [0, 0.1) is 20.8 Å². The van der Waals surface area contributed by atoms with Gasteiger partial charge in [0.2, 0.25) is 0 Å². The van der Waals surface area contributed by atoms with Crippen LogP contribution in [-0.2, 0) is 0 Å². The van der Waals surface area contributed by atoms with Gasteiger partial charge >= 0.3 is 0 Å². The van der Waals surface area contributed by atoms with Crippen molar-refractivity contribution in [2.75, 3.05) is 10.6 Å². The van der Waals surface area contributed by atoms with E-state index < -0.39 is 0 Å². The first-order valence-electron chi connectivity index (χ1n) is 8.18. The van der Waals surface area contributed by atoms with Gasteiger partial charge in [-0.15, -0.1) is 0 Å². The van der Waals surface area contributed by atoms with Crippen LogP contribution in [0.15, 0.2) is 48.5 Å². The predicted octanol–water partition coefficient (Wildman–Crippen LogP) is 5.05. The number of rotatable bonds is 4. The van der Waals surface area contributed by atoms with Gasteiger partial charge in [-0.3, -0.25) is 4.79 Å². The number of hydrogen-bond donors (Lipinski definition) is 2. The van der Waals surface area contributed by atoms with E-state index in [-0.39, 0.29) is 5.91 Å². The highest BCUT2D eigenvalue weighted by atomic mass is 35.5. The fourth-order valence-corrected chi connectivity index (χ4v) is 2.65. The first-order chi connectivity index (χ1) is 12.4. The zero-order chi connectivity index (χ0) is 18.7. The molecule has 6 heteroatoms. The van der Waals surface area contributed by atoms with E-state index in [2.05, 4.69) is 20.6 Å². The largest absolute Gasteiger partial charge is 0.340 e. The van der Waals surface area contributed by atoms with Gasteiger partial charge in [0.1, 0.15) is 17.3 Å². The maximum atomic E-state index is 12.6. The molecule has 0 fully saturated rings. The average molecular weight is 367 g/mol. The van der Waals surface area contributed by atoms with E-state index in [0.29, 0.717) is 22.4 Å². The van der Waals surface area contributed by atoms with Crippen LogP contribution >= 0.6 is 11.6 Å². The van der Waals surface area contributed by atoms with E-state index >= 15 is 0 Å². The first kappa shape index (κ1) is 17.9. The second kappa shape index (κ2) is 7.54. The van der Waals surface area contributed by atoms with Crippen LogP contribution in [0.2, 0.25) is 5.02 Å². The second-order valence-corrected chi connectivity index (χ2v) is 6.45. The van der Waals surface area contributed by atoms with Gasteiger partial charge in [-0.05, 0) is 50.1 Å². The topological polar surface area (TPSA) is 66.9 Å². The number of carbonyl (C=O) groups excluding carboxylic acids is 1. The summed E-state index contributed by atoms with van der Waals surface area (Å²) in [5, 5.41) is 6.72. The Bertz CT molecular complexity index is 972. The van der Waals surface area contributed by atoms with Gasteiger partial charge in [-0.1, -0.05) is 35.9 Å². The summed E-state index contributed by atoms with van der Waals surface area (Å²) < 4.78 is 0. The van der Waals surface area contributed by atoms with E-state index in [1.165, 1.54) is 0 Å². The van der Waals surface area contributed by atoms with Gasteiger partial charge in [0, 0.05) is 22.5 Å². The highest BCUT2D eigenvalue weighted by Crippen LogP contribution is 2.23. The molecule has 0 unspecified atom stereocenters. The molecule has 0 saturated carbocycles. The molecule has 3 aromatic rings. The van der Waals surface area contributed by atoms with Crippen LogP contribution in [0.1, 0.15) is 27.4 Å². The van der Waals surface area contributed by atoms with Gasteiger partial charge in [0.05, 0.1) is 0 Å². The Morgan fingerprint density at radius 1 is 0.962 bits per heavy atom. The summed E-state index contributed by atoms with van der Waals surface area (Å²) >= 11 is 6.16. The van der Waals surface area contributed by atoms with E-state index in [4.69, 9.17) is 11.6 Å². The fourth-order valence-electron chi connectivity index (χ4n) is 2.47. The van der Waals surface area contributed by atoms with E-state index in [1.807, 2.05) is 56.3 Å². The van der Waals surface area contributed by atoms with E-state index in [0.717, 1.165) is 22.5 Å². The molecule has 2 aromatic carbocycles. The molecule has 0 saturated heterocycles. The van der Waals surface area contributed by atoms with Crippen molar-refractivity contribution >= 4 is 34.7 Å². The van der Waals surface area contributed by atoms with Crippen molar-refractivity contribution in [2.24, 2.45) is 0 Å². The number of benzene rings is 2. The van der Waals surface area contributed by atoms with E-state index in [1.54, 1.807) is 13.0 Å². The van der Waals surface area contributed by atoms with Crippen molar-refractivity contribution < 1.29 is 4.79 Å². The molecule has 3 rings (SSSR count). The van der Waals surface area contributed by atoms with Gasteiger partial charge in [0.15, 0.2) is 0 Å². The minimum Gasteiger partial charge on any atom is -0.340 e. The molecule has 0 atom stereocenters. The molecule has 0 bridgehead atoms. The average Bonchev–Trinajstić information content (AvgIpc) is 2.59. The lowest BCUT2D eigenvalue weighted by Crippen LogP contribution is -2.16. The molecule has 132 valence electrons. The highest BCUT2D eigenvalue weighted by molar-refractivity contribution is 6.31. The molecular weight excluding hydrogens is 348 g/mol. The molecule has 1 heterocycles. The van der Waals surface area contributed by atoms with Crippen molar-refractivity contribution in [2.45, 2.75) is 20.8 Å². The molecule has 2 N–H and O–H groups in total. The Balaban J connectivity index is 1.84. The molecule has 0 aliphatic rings. The van der Waals surface area contributed by atoms with Crippen LogP contribution < -0.4 is 10.6 Å². The maximum Gasteiger partial charge on any atom is 0.274 e. The number of hydrogen-bond acceptors (Lipinski definition) is 4. The number of aromatic nitrogens is 2. The Morgan fingerprint density at radius 3 is 2.46 bits per heavy atom. The lowest BCUT2D eigenvalue weighted by Gasteiger charge is -2.11. The predicted molar refractivity (Wildman–Crippen MR) is 105 cm³/mol. The summed E-state index contributed by atoms with van der Waals surface area (Å²) in [6, 6.07) is 14.9. The fraction of sp³-hybridized carbons (Fsp3) is 0.150. The zero-order valence-corrected chi connectivity index (χ0v) is 15.6. The first-order valence-corrected chi connectivity index (χ1v) is 8.56. The smallest absolute Gasteiger partial charge is 0.274 e. The number of anilines is 3. The molecule has 0 aliphatic heterocycles. The Kier molecular flexibility index (Phi) is 5.19. The van der Waals surface area contributed by atoms with Gasteiger partial charge in [-0.25, -0.2) is 9.97 Å². The quantitative estimate of drug-likeness (QED) is 0.678. The molecule has 0 aliphatic carbocycles. The van der Waals surface area contributed by atoms with Crippen molar-refractivity contribution in [3.8, 4) is 0 Å². The standard InChI is InChI=1S/C20H19ClN4O/c1-12-8-9-15(10-16(12)21)24-19-11-18(22-14(3)23-19)20(26)25-17-7-5-4-6-13(17)2/h4-11H,1-3H3,(H,25,26)(H,22,23,24). The number of aryl methyl sites for hydroxylation is 3. The minimum absolute atomic E-state index is 0.283. The van der Waals surface area contributed by atoms with E-state index in [9.17, 15) is 4.79 Å². The Morgan fingerprint density at radius 2 is 1.73 bits per heavy atom. The molecule has 1 amide bonds. The molecular formula is C20H19ClN4O. The number of nitrogens with zero attached hydrogens (tertiary/aromatic N) is 2. The molecule has 0 spiro atoms. The summed E-state index contributed by atoms with van der Waals surface area (Å²) in [4.78, 5) is 21.2. The van der Waals surface area contributed by atoms with Crippen molar-refractivity contribution in [3.63, 3.8) is 0 Å². The normalized spacial score (nSPS) is 10.5. The maximum absolute atomic E-state index is 12.6. The third-order valence-electron chi connectivity index (χ3n) is 3.91. The summed E-state index contributed by atoms with van der Waals surface area (Å²) in [5.41, 5.74) is 3.83. The summed E-state index contributed by atoms with van der Waals surface area (Å²) in [6.45, 7) is 5.63. The van der Waals surface area contributed by atoms with Crippen LogP contribution in [0.4, 0.5) is 17.2 Å². The number of nitrogens with one attached hydrogen (secondary N) is 2. The number of para-hydroxylation sites is 1. The zero-order valence-electron chi connectivity index (χ0n) is 14.8. The third kappa shape index (κ3) is 4.18. The van der Waals surface area contributed by atoms with Crippen molar-refractivity contribution in [1.82, 2.24) is 9.97 Å². The van der Waals surface area contributed by atoms with Gasteiger partial charge < -0.3 is 10.6 Å². The lowest BCUT2D eigenvalue weighted by atomic mass is 10.2. The van der Waals surface area contributed by atoms with Gasteiger partial charge in [0.25, 0.3) is 5.91 Å².